The molecule has 0 fully saturated rings. The van der Waals surface area contributed by atoms with Gasteiger partial charge in [0.05, 0.1) is 51.1 Å². The second-order valence-electron chi connectivity index (χ2n) is 13.2. The maximum atomic E-state index is 10.1. The van der Waals surface area contributed by atoms with Crippen molar-refractivity contribution in [2.24, 2.45) is 0 Å². The van der Waals surface area contributed by atoms with E-state index in [1.165, 1.54) is 5.56 Å². The fraction of sp³-hybridized carbons (Fsp3) is 0.0652. The lowest BCUT2D eigenvalue weighted by Crippen LogP contribution is -2.46. The van der Waals surface area contributed by atoms with Crippen LogP contribution in [0.3, 0.4) is 0 Å². The number of fused-ring (bicyclic) bond motifs is 6. The van der Waals surface area contributed by atoms with Crippen LogP contribution < -0.4 is 4.90 Å². The van der Waals surface area contributed by atoms with Crippen LogP contribution in [0.2, 0.25) is 0 Å². The fourth-order valence-electron chi connectivity index (χ4n) is 8.37. The van der Waals surface area contributed by atoms with E-state index in [1.807, 2.05) is 72.8 Å². The third kappa shape index (κ3) is 4.38. The second-order valence-corrected chi connectivity index (χ2v) is 13.2. The minimum absolute atomic E-state index is 0.0804. The van der Waals surface area contributed by atoms with Crippen LogP contribution in [0.1, 0.15) is 40.7 Å². The van der Waals surface area contributed by atoms with Gasteiger partial charge in [0.1, 0.15) is 6.07 Å². The Morgan fingerprint density at radius 1 is 0.608 bits per heavy atom. The summed E-state index contributed by atoms with van der Waals surface area (Å²) in [4.78, 5) is 2.38. The van der Waals surface area contributed by atoms with Gasteiger partial charge >= 0.3 is 0 Å². The molecule has 0 bridgehead atoms. The number of hydrogen-bond acceptors (Lipinski definition) is 4. The van der Waals surface area contributed by atoms with E-state index >= 15 is 0 Å². The van der Waals surface area contributed by atoms with Gasteiger partial charge in [-0.2, -0.15) is 15.8 Å². The molecule has 2 heterocycles. The first-order chi connectivity index (χ1) is 25.0. The largest absolute Gasteiger partial charge is 0.330 e. The van der Waals surface area contributed by atoms with Gasteiger partial charge in [0, 0.05) is 33.6 Å². The van der Waals surface area contributed by atoms with Crippen LogP contribution in [0.25, 0.3) is 44.2 Å². The van der Waals surface area contributed by atoms with Gasteiger partial charge in [0.15, 0.2) is 0 Å². The monoisotopic (exact) mass is 651 g/mol. The first-order valence-corrected chi connectivity index (χ1v) is 16.9. The smallest absolute Gasteiger partial charge is 0.101 e. The quantitative estimate of drug-likeness (QED) is 0.190. The molecule has 1 aromatic heterocycles. The Bertz CT molecular complexity index is 2760. The van der Waals surface area contributed by atoms with Crippen molar-refractivity contribution >= 4 is 38.8 Å². The Labute approximate surface area is 296 Å². The Morgan fingerprint density at radius 2 is 1.33 bits per heavy atom. The van der Waals surface area contributed by atoms with E-state index in [2.05, 4.69) is 113 Å². The van der Waals surface area contributed by atoms with Crippen molar-refractivity contribution in [1.82, 2.24) is 4.57 Å². The molecule has 0 saturated carbocycles. The van der Waals surface area contributed by atoms with Gasteiger partial charge in [-0.3, -0.25) is 0 Å². The van der Waals surface area contributed by atoms with Crippen LogP contribution >= 0.6 is 0 Å². The number of nitriles is 3. The number of anilines is 2. The van der Waals surface area contributed by atoms with E-state index in [1.54, 1.807) is 0 Å². The lowest BCUT2D eigenvalue weighted by molar-refractivity contribution is 0.538. The third-order valence-electron chi connectivity index (χ3n) is 10.6. The standard InChI is InChI=1S/C46H29N5/c1-46-40(13-8-14-41(46)39-25-31(28-48)19-24-44(39)51(46)34-21-17-30(27-47)18-22-34)36-11-4-3-10-35(36)32-20-23-38-37-12-5-7-16-43(37)50(45(38)26-32)42-15-6-2-9-33(42)29-49/h2-26,40H,1H3. The highest BCUT2D eigenvalue weighted by molar-refractivity contribution is 6.10. The van der Waals surface area contributed by atoms with Crippen molar-refractivity contribution in [3.8, 4) is 35.0 Å². The Hall–Kier alpha value is -7.13. The molecule has 5 nitrogen and oxygen atoms in total. The Morgan fingerprint density at radius 3 is 2.16 bits per heavy atom. The molecule has 0 saturated heterocycles. The number of rotatable bonds is 4. The molecule has 9 rings (SSSR count). The van der Waals surface area contributed by atoms with Gasteiger partial charge in [0.2, 0.25) is 0 Å². The zero-order valence-electron chi connectivity index (χ0n) is 27.7. The maximum Gasteiger partial charge on any atom is 0.101 e. The fourth-order valence-corrected chi connectivity index (χ4v) is 8.37. The van der Waals surface area contributed by atoms with E-state index in [0.29, 0.717) is 16.7 Å². The normalized spacial score (nSPS) is 17.3. The second kappa shape index (κ2) is 11.5. The van der Waals surface area contributed by atoms with E-state index in [4.69, 9.17) is 0 Å². The van der Waals surface area contributed by atoms with Crippen molar-refractivity contribution < 1.29 is 0 Å². The van der Waals surface area contributed by atoms with Crippen molar-refractivity contribution in [2.75, 3.05) is 4.90 Å². The molecule has 238 valence electrons. The van der Waals surface area contributed by atoms with E-state index in [-0.39, 0.29) is 5.92 Å². The molecule has 7 aromatic rings. The minimum Gasteiger partial charge on any atom is -0.330 e. The van der Waals surface area contributed by atoms with E-state index in [9.17, 15) is 15.8 Å². The highest BCUT2D eigenvalue weighted by atomic mass is 15.2. The number of benzene rings is 6. The summed E-state index contributed by atoms with van der Waals surface area (Å²) in [7, 11) is 0. The first kappa shape index (κ1) is 30.0. The lowest BCUT2D eigenvalue weighted by atomic mass is 9.70. The summed E-state index contributed by atoms with van der Waals surface area (Å²) in [6.45, 7) is 2.29. The molecule has 1 aliphatic carbocycles. The summed E-state index contributed by atoms with van der Waals surface area (Å²) < 4.78 is 2.21. The predicted molar refractivity (Wildman–Crippen MR) is 204 cm³/mol. The molecule has 1 aliphatic heterocycles. The topological polar surface area (TPSA) is 79.5 Å². The molecule has 0 amide bonds. The highest BCUT2D eigenvalue weighted by Crippen LogP contribution is 2.59. The summed E-state index contributed by atoms with van der Waals surface area (Å²) in [6.07, 6.45) is 6.61. The minimum atomic E-state index is -0.555. The predicted octanol–water partition coefficient (Wildman–Crippen LogP) is 10.7. The summed E-state index contributed by atoms with van der Waals surface area (Å²) in [5.74, 6) is -0.0804. The van der Waals surface area contributed by atoms with Crippen LogP contribution in [0.5, 0.6) is 0 Å². The first-order valence-electron chi connectivity index (χ1n) is 16.9. The molecule has 51 heavy (non-hydrogen) atoms. The van der Waals surface area contributed by atoms with Gasteiger partial charge in [0.25, 0.3) is 0 Å². The van der Waals surface area contributed by atoms with Crippen LogP contribution in [-0.2, 0) is 0 Å². The molecule has 0 spiro atoms. The van der Waals surface area contributed by atoms with Crippen LogP contribution in [-0.4, -0.2) is 10.1 Å². The molecule has 5 heteroatoms. The van der Waals surface area contributed by atoms with Crippen molar-refractivity contribution in [3.63, 3.8) is 0 Å². The summed E-state index contributed by atoms with van der Waals surface area (Å²) in [5, 5.41) is 31.8. The zero-order chi connectivity index (χ0) is 34.7. The Balaban J connectivity index is 1.25. The number of para-hydroxylation sites is 2. The molecule has 0 radical (unpaired) electrons. The van der Waals surface area contributed by atoms with E-state index < -0.39 is 5.54 Å². The SMILES string of the molecule is CC12C(=CC=CC1c1ccccc1-c1ccc3c4ccccc4n(-c4ccccc4C#N)c3c1)c1cc(C#N)ccc1N2c1ccc(C#N)cc1. The van der Waals surface area contributed by atoms with Crippen LogP contribution in [0, 0.1) is 34.0 Å². The zero-order valence-corrected chi connectivity index (χ0v) is 27.7. The summed E-state index contributed by atoms with van der Waals surface area (Å²) in [6, 6.07) is 52.1. The number of hydrogen-bond donors (Lipinski definition) is 0. The average molecular weight is 652 g/mol. The number of aromatic nitrogens is 1. The van der Waals surface area contributed by atoms with Crippen molar-refractivity contribution in [2.45, 2.75) is 18.4 Å². The number of allylic oxidation sites excluding steroid dienone is 2. The summed E-state index contributed by atoms with van der Waals surface area (Å²) in [5.41, 5.74) is 11.8. The van der Waals surface area contributed by atoms with Gasteiger partial charge < -0.3 is 9.47 Å². The molecule has 0 N–H and O–H groups in total. The van der Waals surface area contributed by atoms with Crippen LogP contribution in [0.4, 0.5) is 11.4 Å². The molecular weight excluding hydrogens is 623 g/mol. The Kier molecular flexibility index (Phi) is 6.75. The summed E-state index contributed by atoms with van der Waals surface area (Å²) >= 11 is 0. The van der Waals surface area contributed by atoms with Gasteiger partial charge in [-0.25, -0.2) is 0 Å². The molecular formula is C46H29N5. The van der Waals surface area contributed by atoms with E-state index in [0.717, 1.165) is 61.1 Å². The van der Waals surface area contributed by atoms with Gasteiger partial charge in [-0.1, -0.05) is 85.0 Å². The van der Waals surface area contributed by atoms with Gasteiger partial charge in [-0.05, 0) is 95.9 Å². The maximum absolute atomic E-state index is 10.1. The molecule has 2 unspecified atom stereocenters. The molecule has 2 atom stereocenters. The van der Waals surface area contributed by atoms with Gasteiger partial charge in [-0.15, -0.1) is 0 Å². The molecule has 2 aliphatic rings. The average Bonchev–Trinajstić information content (AvgIpc) is 3.65. The highest BCUT2D eigenvalue weighted by Gasteiger charge is 2.51. The van der Waals surface area contributed by atoms with Crippen LogP contribution in [0.15, 0.2) is 152 Å². The lowest BCUT2D eigenvalue weighted by Gasteiger charge is -2.45. The molecule has 6 aromatic carbocycles. The van der Waals surface area contributed by atoms with Crippen molar-refractivity contribution in [1.29, 1.82) is 15.8 Å². The van der Waals surface area contributed by atoms with Crippen molar-refractivity contribution in [3.05, 3.63) is 180 Å². The number of nitrogens with zero attached hydrogens (tertiary/aromatic N) is 5. The third-order valence-corrected chi connectivity index (χ3v) is 10.6.